The molecule has 0 saturated carbocycles. The molecule has 0 radical (unpaired) electrons. The molecule has 4 heteroatoms. The number of nitrogens with zero attached hydrogens (tertiary/aromatic N) is 1. The Morgan fingerprint density at radius 2 is 2.27 bits per heavy atom. The van der Waals surface area contributed by atoms with E-state index in [-0.39, 0.29) is 5.75 Å². The van der Waals surface area contributed by atoms with Gasteiger partial charge in [0, 0.05) is 9.85 Å². The molecule has 1 aromatic heterocycles. The lowest BCUT2D eigenvalue weighted by atomic mass is 10.2. The third-order valence-corrected chi connectivity index (χ3v) is 2.52. The van der Waals surface area contributed by atoms with Crippen LogP contribution in [0.25, 0.3) is 10.9 Å². The molecule has 1 N–H and O–H groups in total. The zero-order chi connectivity index (χ0) is 7.84. The summed E-state index contributed by atoms with van der Waals surface area (Å²) in [6, 6.07) is 3.54. The van der Waals surface area contributed by atoms with E-state index in [1.807, 2.05) is 11.4 Å². The monoisotopic (exact) mass is 229 g/mol. The van der Waals surface area contributed by atoms with E-state index < -0.39 is 0 Å². The molecule has 2 nitrogen and oxygen atoms in total. The van der Waals surface area contributed by atoms with Crippen molar-refractivity contribution in [1.29, 1.82) is 0 Å². The Labute approximate surface area is 75.8 Å². The lowest BCUT2D eigenvalue weighted by Crippen LogP contribution is -1.69. The van der Waals surface area contributed by atoms with E-state index in [1.165, 1.54) is 11.5 Å². The van der Waals surface area contributed by atoms with Crippen LogP contribution in [-0.2, 0) is 0 Å². The number of hydrogen-bond acceptors (Lipinski definition) is 3. The van der Waals surface area contributed by atoms with E-state index in [4.69, 9.17) is 0 Å². The van der Waals surface area contributed by atoms with Gasteiger partial charge in [-0.15, -0.1) is 0 Å². The molecular formula is C7H4BrNOS. The van der Waals surface area contributed by atoms with Crippen LogP contribution in [0.1, 0.15) is 0 Å². The minimum atomic E-state index is 0.281. The van der Waals surface area contributed by atoms with Crippen molar-refractivity contribution in [2.75, 3.05) is 0 Å². The molecule has 1 heterocycles. The van der Waals surface area contributed by atoms with E-state index in [1.54, 1.807) is 6.07 Å². The molecule has 0 bridgehead atoms. The van der Waals surface area contributed by atoms with Gasteiger partial charge >= 0.3 is 0 Å². The van der Waals surface area contributed by atoms with Gasteiger partial charge in [-0.3, -0.25) is 0 Å². The third kappa shape index (κ3) is 1.12. The normalized spacial score (nSPS) is 10.6. The first-order valence-electron chi connectivity index (χ1n) is 3.00. The quantitative estimate of drug-likeness (QED) is 0.754. The molecule has 0 aliphatic rings. The summed E-state index contributed by atoms with van der Waals surface area (Å²) in [6.07, 6.45) is 0. The summed E-state index contributed by atoms with van der Waals surface area (Å²) in [7, 11) is 0. The van der Waals surface area contributed by atoms with Gasteiger partial charge in [0.1, 0.15) is 5.75 Å². The zero-order valence-electron chi connectivity index (χ0n) is 5.41. The van der Waals surface area contributed by atoms with Crippen LogP contribution in [0.15, 0.2) is 22.0 Å². The van der Waals surface area contributed by atoms with Crippen molar-refractivity contribution >= 4 is 38.4 Å². The van der Waals surface area contributed by atoms with Crippen LogP contribution in [0.2, 0.25) is 0 Å². The summed E-state index contributed by atoms with van der Waals surface area (Å²) in [6.45, 7) is 0. The van der Waals surface area contributed by atoms with Gasteiger partial charge in [-0.05, 0) is 23.7 Å². The smallest absolute Gasteiger partial charge is 0.127 e. The Bertz CT molecular complexity index is 398. The van der Waals surface area contributed by atoms with Crippen molar-refractivity contribution in [3.8, 4) is 5.75 Å². The van der Waals surface area contributed by atoms with Gasteiger partial charge in [0.15, 0.2) is 0 Å². The molecular weight excluding hydrogens is 226 g/mol. The van der Waals surface area contributed by atoms with E-state index in [0.717, 1.165) is 15.4 Å². The molecule has 2 rings (SSSR count). The van der Waals surface area contributed by atoms with Crippen LogP contribution in [0.3, 0.4) is 0 Å². The molecule has 11 heavy (non-hydrogen) atoms. The summed E-state index contributed by atoms with van der Waals surface area (Å²) in [4.78, 5) is 0. The minimum Gasteiger partial charge on any atom is -0.507 e. The number of phenolic OH excluding ortho intramolecular Hbond substituents is 1. The van der Waals surface area contributed by atoms with Gasteiger partial charge < -0.3 is 5.11 Å². The molecule has 0 atom stereocenters. The molecule has 0 unspecified atom stereocenters. The summed E-state index contributed by atoms with van der Waals surface area (Å²) >= 11 is 4.62. The SMILES string of the molecule is Oc1cc(Br)cc2nscc12. The van der Waals surface area contributed by atoms with Crippen LogP contribution in [0.4, 0.5) is 0 Å². The predicted octanol–water partition coefficient (Wildman–Crippen LogP) is 2.76. The fourth-order valence-corrected chi connectivity index (χ4v) is 2.02. The van der Waals surface area contributed by atoms with Crippen LogP contribution in [0, 0.1) is 0 Å². The molecule has 1 aromatic carbocycles. The highest BCUT2D eigenvalue weighted by Crippen LogP contribution is 2.29. The number of rotatable bonds is 0. The van der Waals surface area contributed by atoms with Gasteiger partial charge in [-0.25, -0.2) is 0 Å². The Kier molecular flexibility index (Phi) is 1.58. The summed E-state index contributed by atoms with van der Waals surface area (Å²) in [5.41, 5.74) is 0.835. The second-order valence-electron chi connectivity index (χ2n) is 2.17. The third-order valence-electron chi connectivity index (χ3n) is 1.42. The second-order valence-corrected chi connectivity index (χ2v) is 3.72. The maximum absolute atomic E-state index is 9.38. The van der Waals surface area contributed by atoms with E-state index >= 15 is 0 Å². The van der Waals surface area contributed by atoms with Gasteiger partial charge in [-0.2, -0.15) is 4.37 Å². The lowest BCUT2D eigenvalue weighted by Gasteiger charge is -1.93. The maximum Gasteiger partial charge on any atom is 0.127 e. The highest BCUT2D eigenvalue weighted by atomic mass is 79.9. The number of phenols is 1. The highest BCUT2D eigenvalue weighted by molar-refractivity contribution is 9.10. The van der Waals surface area contributed by atoms with E-state index in [0.29, 0.717) is 0 Å². The van der Waals surface area contributed by atoms with Crippen LogP contribution in [0.5, 0.6) is 5.75 Å². The maximum atomic E-state index is 9.38. The van der Waals surface area contributed by atoms with Crippen LogP contribution < -0.4 is 0 Å². The lowest BCUT2D eigenvalue weighted by molar-refractivity contribution is 0.481. The fraction of sp³-hybridized carbons (Fsp3) is 0. The Morgan fingerprint density at radius 1 is 1.45 bits per heavy atom. The molecule has 0 spiro atoms. The average molecular weight is 230 g/mol. The molecule has 0 fully saturated rings. The number of hydrogen-bond donors (Lipinski definition) is 1. The fourth-order valence-electron chi connectivity index (χ4n) is 0.922. The number of halogens is 1. The van der Waals surface area contributed by atoms with Gasteiger partial charge in [0.2, 0.25) is 0 Å². The van der Waals surface area contributed by atoms with Gasteiger partial charge in [0.25, 0.3) is 0 Å². The van der Waals surface area contributed by atoms with Crippen molar-refractivity contribution in [2.24, 2.45) is 0 Å². The Balaban J connectivity index is 2.91. The first-order valence-corrected chi connectivity index (χ1v) is 4.63. The number of benzene rings is 1. The minimum absolute atomic E-state index is 0.281. The Hall–Kier alpha value is -0.610. The van der Waals surface area contributed by atoms with Crippen molar-refractivity contribution < 1.29 is 5.11 Å². The summed E-state index contributed by atoms with van der Waals surface area (Å²) in [5.74, 6) is 0.281. The molecule has 56 valence electrons. The van der Waals surface area contributed by atoms with Crippen molar-refractivity contribution in [3.05, 3.63) is 22.0 Å². The molecule has 0 saturated heterocycles. The topological polar surface area (TPSA) is 33.1 Å². The largest absolute Gasteiger partial charge is 0.507 e. The van der Waals surface area contributed by atoms with Gasteiger partial charge in [-0.1, -0.05) is 15.9 Å². The predicted molar refractivity (Wildman–Crippen MR) is 49.0 cm³/mol. The average Bonchev–Trinajstić information content (AvgIpc) is 2.34. The molecule has 2 aromatic rings. The number of aromatic hydroxyl groups is 1. The second kappa shape index (κ2) is 2.46. The van der Waals surface area contributed by atoms with Crippen molar-refractivity contribution in [3.63, 3.8) is 0 Å². The number of fused-ring (bicyclic) bond motifs is 1. The van der Waals surface area contributed by atoms with Crippen molar-refractivity contribution in [2.45, 2.75) is 0 Å². The molecule has 0 amide bonds. The summed E-state index contributed by atoms with van der Waals surface area (Å²) < 4.78 is 4.95. The van der Waals surface area contributed by atoms with Crippen LogP contribution >= 0.6 is 27.5 Å². The highest BCUT2D eigenvalue weighted by Gasteiger charge is 2.02. The van der Waals surface area contributed by atoms with Crippen LogP contribution in [-0.4, -0.2) is 9.48 Å². The first-order chi connectivity index (χ1) is 5.27. The molecule has 0 aliphatic heterocycles. The zero-order valence-corrected chi connectivity index (χ0v) is 7.82. The standard InChI is InChI=1S/C7H4BrNOS/c8-4-1-6-5(3-11-9-6)7(10)2-4/h1-3,10H. The van der Waals surface area contributed by atoms with Crippen molar-refractivity contribution in [1.82, 2.24) is 4.37 Å². The van der Waals surface area contributed by atoms with E-state index in [9.17, 15) is 5.11 Å². The Morgan fingerprint density at radius 3 is 3.09 bits per heavy atom. The summed E-state index contributed by atoms with van der Waals surface area (Å²) in [5, 5.41) is 12.0. The van der Waals surface area contributed by atoms with Gasteiger partial charge in [0.05, 0.1) is 10.9 Å². The number of aromatic nitrogens is 1. The molecule has 0 aliphatic carbocycles. The van der Waals surface area contributed by atoms with E-state index in [2.05, 4.69) is 20.3 Å². The first kappa shape index (κ1) is 7.06.